The predicted molar refractivity (Wildman–Crippen MR) is 150 cm³/mol. The van der Waals surface area contributed by atoms with E-state index in [1.54, 1.807) is 30.0 Å². The summed E-state index contributed by atoms with van der Waals surface area (Å²) in [5.74, 6) is 0.599. The zero-order chi connectivity index (χ0) is 27.2. The molecule has 39 heavy (non-hydrogen) atoms. The molecule has 0 aliphatic carbocycles. The highest BCUT2D eigenvalue weighted by Gasteiger charge is 2.26. The van der Waals surface area contributed by atoms with E-state index in [0.717, 1.165) is 30.9 Å². The first-order valence-electron chi connectivity index (χ1n) is 12.7. The monoisotopic (exact) mass is 523 g/mol. The number of hydrogen-bond donors (Lipinski definition) is 0. The second kappa shape index (κ2) is 11.7. The number of carbonyl (C=O) groups is 1. The zero-order valence-corrected chi connectivity index (χ0v) is 21.6. The molecule has 0 spiro atoms. The summed E-state index contributed by atoms with van der Waals surface area (Å²) in [7, 11) is 1.61. The molecule has 2 heterocycles. The summed E-state index contributed by atoms with van der Waals surface area (Å²) >= 11 is 0. The van der Waals surface area contributed by atoms with Gasteiger partial charge in [-0.1, -0.05) is 42.5 Å². The minimum absolute atomic E-state index is 0.0217. The van der Waals surface area contributed by atoms with Crippen LogP contribution >= 0.6 is 0 Å². The third-order valence-corrected chi connectivity index (χ3v) is 6.75. The molecule has 1 amide bonds. The lowest BCUT2D eigenvalue weighted by Crippen LogP contribution is -2.49. The van der Waals surface area contributed by atoms with E-state index in [1.165, 1.54) is 17.7 Å². The molecule has 0 radical (unpaired) electrons. The number of piperazine rings is 1. The van der Waals surface area contributed by atoms with Gasteiger partial charge in [-0.25, -0.2) is 4.68 Å². The number of non-ortho nitro benzene ring substituents is 1. The maximum atomic E-state index is 13.7. The molecule has 9 heteroatoms. The Labute approximate surface area is 226 Å². The fraction of sp³-hybridized carbons (Fsp3) is 0.200. The van der Waals surface area contributed by atoms with Gasteiger partial charge >= 0.3 is 0 Å². The van der Waals surface area contributed by atoms with E-state index < -0.39 is 4.92 Å². The fourth-order valence-electron chi connectivity index (χ4n) is 4.55. The molecule has 1 aliphatic heterocycles. The molecule has 1 aliphatic rings. The van der Waals surface area contributed by atoms with Crippen molar-refractivity contribution in [3.8, 4) is 22.7 Å². The predicted octanol–water partition coefficient (Wildman–Crippen LogP) is 4.93. The van der Waals surface area contributed by atoms with E-state index in [1.807, 2.05) is 47.4 Å². The van der Waals surface area contributed by atoms with Crippen LogP contribution in [0, 0.1) is 10.1 Å². The lowest BCUT2D eigenvalue weighted by Gasteiger charge is -2.34. The molecule has 0 unspecified atom stereocenters. The smallest absolute Gasteiger partial charge is 0.272 e. The minimum Gasteiger partial charge on any atom is -0.497 e. The van der Waals surface area contributed by atoms with E-state index >= 15 is 0 Å². The second-order valence-electron chi connectivity index (χ2n) is 9.23. The van der Waals surface area contributed by atoms with Crippen molar-refractivity contribution in [1.29, 1.82) is 0 Å². The molecule has 0 N–H and O–H groups in total. The SMILES string of the molecule is COc1ccc(-c2cc(C(=O)N3CCN(C/C=C/c4ccccc4)CC3)n(-c3ccc([N+](=O)[O-])cc3)n2)cc1. The Morgan fingerprint density at radius 1 is 0.974 bits per heavy atom. The number of nitrogens with zero attached hydrogens (tertiary/aromatic N) is 5. The van der Waals surface area contributed by atoms with Crippen LogP contribution in [0.5, 0.6) is 5.75 Å². The molecule has 1 aromatic heterocycles. The van der Waals surface area contributed by atoms with Crippen LogP contribution in [0.3, 0.4) is 0 Å². The van der Waals surface area contributed by atoms with Gasteiger partial charge in [0.15, 0.2) is 0 Å². The Balaban J connectivity index is 1.34. The normalized spacial score (nSPS) is 14.0. The number of carbonyl (C=O) groups excluding carboxylic acids is 1. The molecule has 0 bridgehead atoms. The average Bonchev–Trinajstić information content (AvgIpc) is 3.43. The highest BCUT2D eigenvalue weighted by molar-refractivity contribution is 5.94. The van der Waals surface area contributed by atoms with Crippen LogP contribution < -0.4 is 4.74 Å². The molecule has 5 rings (SSSR count). The van der Waals surface area contributed by atoms with Crippen molar-refractivity contribution in [2.45, 2.75) is 0 Å². The lowest BCUT2D eigenvalue weighted by molar-refractivity contribution is -0.384. The Morgan fingerprint density at radius 2 is 1.67 bits per heavy atom. The number of nitro benzene ring substituents is 1. The van der Waals surface area contributed by atoms with Gasteiger partial charge in [0, 0.05) is 50.4 Å². The highest BCUT2D eigenvalue weighted by atomic mass is 16.6. The molecule has 0 atom stereocenters. The molecule has 198 valence electrons. The number of amides is 1. The molecule has 3 aromatic carbocycles. The molecule has 1 fully saturated rings. The van der Waals surface area contributed by atoms with E-state index in [2.05, 4.69) is 29.2 Å². The Kier molecular flexibility index (Phi) is 7.79. The summed E-state index contributed by atoms with van der Waals surface area (Å²) < 4.78 is 6.83. The van der Waals surface area contributed by atoms with Crippen LogP contribution in [-0.4, -0.2) is 70.2 Å². The number of aromatic nitrogens is 2. The van der Waals surface area contributed by atoms with E-state index in [-0.39, 0.29) is 11.6 Å². The Morgan fingerprint density at radius 3 is 2.31 bits per heavy atom. The highest BCUT2D eigenvalue weighted by Crippen LogP contribution is 2.26. The summed E-state index contributed by atoms with van der Waals surface area (Å²) in [5.41, 5.74) is 3.59. The molecule has 0 saturated carbocycles. The van der Waals surface area contributed by atoms with Crippen LogP contribution in [0.15, 0.2) is 91.0 Å². The van der Waals surface area contributed by atoms with Crippen molar-refractivity contribution in [3.05, 3.63) is 112 Å². The van der Waals surface area contributed by atoms with Crippen molar-refractivity contribution in [2.75, 3.05) is 39.8 Å². The summed E-state index contributed by atoms with van der Waals surface area (Å²) in [6.07, 6.45) is 4.26. The zero-order valence-electron chi connectivity index (χ0n) is 21.6. The minimum atomic E-state index is -0.448. The first kappa shape index (κ1) is 25.9. The van der Waals surface area contributed by atoms with E-state index in [0.29, 0.717) is 30.2 Å². The van der Waals surface area contributed by atoms with Gasteiger partial charge in [-0.3, -0.25) is 19.8 Å². The summed E-state index contributed by atoms with van der Waals surface area (Å²) in [5, 5.41) is 15.9. The number of benzene rings is 3. The van der Waals surface area contributed by atoms with Crippen LogP contribution in [0.25, 0.3) is 23.0 Å². The van der Waals surface area contributed by atoms with Gasteiger partial charge in [0.2, 0.25) is 0 Å². The Bertz CT molecular complexity index is 1460. The summed E-state index contributed by atoms with van der Waals surface area (Å²) in [6, 6.07) is 25.5. The maximum absolute atomic E-state index is 13.7. The number of ether oxygens (including phenoxy) is 1. The van der Waals surface area contributed by atoms with Crippen molar-refractivity contribution in [2.24, 2.45) is 0 Å². The van der Waals surface area contributed by atoms with Crippen molar-refractivity contribution in [3.63, 3.8) is 0 Å². The molecule has 9 nitrogen and oxygen atoms in total. The van der Waals surface area contributed by atoms with Gasteiger partial charge < -0.3 is 9.64 Å². The largest absolute Gasteiger partial charge is 0.497 e. The van der Waals surface area contributed by atoms with E-state index in [9.17, 15) is 14.9 Å². The first-order valence-corrected chi connectivity index (χ1v) is 12.7. The standard InChI is InChI=1S/C30H29N5O4/c1-39-27-15-9-24(10-16-27)28-22-29(34(31-28)25-11-13-26(14-12-25)35(37)38)30(36)33-20-18-32(19-21-33)17-5-8-23-6-3-2-4-7-23/h2-16,22H,17-21H2,1H3/b8-5+. The van der Waals surface area contributed by atoms with Gasteiger partial charge in [0.05, 0.1) is 23.4 Å². The van der Waals surface area contributed by atoms with Crippen LogP contribution in [0.2, 0.25) is 0 Å². The average molecular weight is 524 g/mol. The molecule has 1 saturated heterocycles. The van der Waals surface area contributed by atoms with Crippen LogP contribution in [0.1, 0.15) is 16.1 Å². The van der Waals surface area contributed by atoms with Gasteiger partial charge in [-0.2, -0.15) is 5.10 Å². The number of rotatable bonds is 8. The van der Waals surface area contributed by atoms with Crippen molar-refractivity contribution < 1.29 is 14.5 Å². The number of methoxy groups -OCH3 is 1. The first-order chi connectivity index (χ1) is 19.0. The Hall–Kier alpha value is -4.76. The molecular weight excluding hydrogens is 494 g/mol. The lowest BCUT2D eigenvalue weighted by atomic mass is 10.1. The third-order valence-electron chi connectivity index (χ3n) is 6.75. The second-order valence-corrected chi connectivity index (χ2v) is 9.23. The van der Waals surface area contributed by atoms with Crippen molar-refractivity contribution in [1.82, 2.24) is 19.6 Å². The third kappa shape index (κ3) is 6.05. The molecule has 4 aromatic rings. The quantitative estimate of drug-likeness (QED) is 0.240. The van der Waals surface area contributed by atoms with Crippen LogP contribution in [-0.2, 0) is 0 Å². The van der Waals surface area contributed by atoms with Crippen LogP contribution in [0.4, 0.5) is 5.69 Å². The van der Waals surface area contributed by atoms with Gasteiger partial charge in [0.25, 0.3) is 11.6 Å². The fourth-order valence-corrected chi connectivity index (χ4v) is 4.55. The van der Waals surface area contributed by atoms with Crippen molar-refractivity contribution >= 4 is 17.7 Å². The summed E-state index contributed by atoms with van der Waals surface area (Å²) in [4.78, 5) is 28.6. The molecular formula is C30H29N5O4. The van der Waals surface area contributed by atoms with Gasteiger partial charge in [0.1, 0.15) is 11.4 Å². The number of nitro groups is 1. The summed E-state index contributed by atoms with van der Waals surface area (Å²) in [6.45, 7) is 3.55. The van der Waals surface area contributed by atoms with Gasteiger partial charge in [-0.15, -0.1) is 0 Å². The topological polar surface area (TPSA) is 93.7 Å². The number of hydrogen-bond acceptors (Lipinski definition) is 6. The van der Waals surface area contributed by atoms with Gasteiger partial charge in [-0.05, 0) is 48.0 Å². The maximum Gasteiger partial charge on any atom is 0.272 e. The van der Waals surface area contributed by atoms with E-state index in [4.69, 9.17) is 9.84 Å².